The molecule has 23 heavy (non-hydrogen) atoms. The Kier molecular flexibility index (Phi) is 3.77. The number of nitrogens with zero attached hydrogens (tertiary/aromatic N) is 2. The van der Waals surface area contributed by atoms with Gasteiger partial charge in [-0.25, -0.2) is 9.37 Å². The molecule has 6 heteroatoms. The molecule has 0 bridgehead atoms. The minimum absolute atomic E-state index is 0.00265. The van der Waals surface area contributed by atoms with Gasteiger partial charge < -0.3 is 9.64 Å². The first-order valence-corrected chi connectivity index (χ1v) is 8.72. The first-order valence-electron chi connectivity index (χ1n) is 7.84. The Morgan fingerprint density at radius 2 is 2.35 bits per heavy atom. The van der Waals surface area contributed by atoms with Gasteiger partial charge in [-0.1, -0.05) is 0 Å². The van der Waals surface area contributed by atoms with Crippen molar-refractivity contribution in [2.24, 2.45) is 0 Å². The van der Waals surface area contributed by atoms with Gasteiger partial charge in [-0.3, -0.25) is 4.79 Å². The standard InChI is InChI=1S/C17H17FN2O2S/c18-13-3-4-14-12(8-13)9-15(22-14)17(21)20-6-1-2-11(10-20)16-19-5-7-23-16/h3-5,7-8,11,15H,1-2,6,9-10H2/t11-,15+/m1/s1. The molecule has 1 amide bonds. The summed E-state index contributed by atoms with van der Waals surface area (Å²) in [6.45, 7) is 1.45. The molecule has 120 valence electrons. The van der Waals surface area contributed by atoms with Crippen molar-refractivity contribution < 1.29 is 13.9 Å². The lowest BCUT2D eigenvalue weighted by Crippen LogP contribution is -2.45. The number of thiazole rings is 1. The normalized spacial score (nSPS) is 23.4. The molecular weight excluding hydrogens is 315 g/mol. The van der Waals surface area contributed by atoms with Crippen LogP contribution in [-0.2, 0) is 11.2 Å². The molecule has 0 saturated carbocycles. The maximum absolute atomic E-state index is 13.3. The van der Waals surface area contributed by atoms with Gasteiger partial charge >= 0.3 is 0 Å². The van der Waals surface area contributed by atoms with Crippen LogP contribution >= 0.6 is 11.3 Å². The summed E-state index contributed by atoms with van der Waals surface area (Å²) in [5.41, 5.74) is 0.775. The number of ether oxygens (including phenoxy) is 1. The first-order chi connectivity index (χ1) is 11.2. The molecule has 0 radical (unpaired) electrons. The average molecular weight is 332 g/mol. The molecule has 0 N–H and O–H groups in total. The van der Waals surface area contributed by atoms with E-state index in [2.05, 4.69) is 4.98 Å². The van der Waals surface area contributed by atoms with Crippen molar-refractivity contribution >= 4 is 17.2 Å². The zero-order valence-electron chi connectivity index (χ0n) is 12.6. The highest BCUT2D eigenvalue weighted by Crippen LogP contribution is 2.32. The summed E-state index contributed by atoms with van der Waals surface area (Å²) in [4.78, 5) is 19.0. The highest BCUT2D eigenvalue weighted by Gasteiger charge is 2.35. The fourth-order valence-electron chi connectivity index (χ4n) is 3.37. The van der Waals surface area contributed by atoms with Gasteiger partial charge in [0, 0.05) is 42.6 Å². The topological polar surface area (TPSA) is 42.4 Å². The second-order valence-electron chi connectivity index (χ2n) is 6.06. The predicted octanol–water partition coefficient (Wildman–Crippen LogP) is 2.99. The fourth-order valence-corrected chi connectivity index (χ4v) is 4.14. The van der Waals surface area contributed by atoms with Crippen LogP contribution in [0.25, 0.3) is 0 Å². The number of amides is 1. The van der Waals surface area contributed by atoms with E-state index in [1.165, 1.54) is 12.1 Å². The summed E-state index contributed by atoms with van der Waals surface area (Å²) in [7, 11) is 0. The van der Waals surface area contributed by atoms with Gasteiger partial charge in [0.25, 0.3) is 5.91 Å². The Hall–Kier alpha value is -1.95. The highest BCUT2D eigenvalue weighted by atomic mass is 32.1. The van der Waals surface area contributed by atoms with Crippen LogP contribution in [0, 0.1) is 5.82 Å². The molecule has 2 aromatic rings. The van der Waals surface area contributed by atoms with E-state index >= 15 is 0 Å². The zero-order valence-corrected chi connectivity index (χ0v) is 13.4. The van der Waals surface area contributed by atoms with Gasteiger partial charge in [0.15, 0.2) is 6.10 Å². The molecule has 1 saturated heterocycles. The Labute approximate surface area is 137 Å². The Bertz CT molecular complexity index is 719. The molecule has 2 aliphatic heterocycles. The van der Waals surface area contributed by atoms with Gasteiger partial charge in [0.2, 0.25) is 0 Å². The maximum Gasteiger partial charge on any atom is 0.264 e. The van der Waals surface area contributed by atoms with Gasteiger partial charge in [-0.2, -0.15) is 0 Å². The molecule has 0 aliphatic carbocycles. The largest absolute Gasteiger partial charge is 0.480 e. The number of likely N-dealkylation sites (tertiary alicyclic amines) is 1. The summed E-state index contributed by atoms with van der Waals surface area (Å²) >= 11 is 1.64. The first kappa shape index (κ1) is 14.6. The zero-order chi connectivity index (χ0) is 15.8. The Morgan fingerprint density at radius 3 is 3.17 bits per heavy atom. The molecule has 1 aromatic carbocycles. The average Bonchev–Trinajstić information content (AvgIpc) is 3.23. The number of piperidine rings is 1. The third-order valence-corrected chi connectivity index (χ3v) is 5.44. The summed E-state index contributed by atoms with van der Waals surface area (Å²) in [6.07, 6.45) is 3.77. The number of carbonyl (C=O) groups is 1. The summed E-state index contributed by atoms with van der Waals surface area (Å²) in [5.74, 6) is 0.650. The number of carbonyl (C=O) groups excluding carboxylic acids is 1. The molecule has 4 rings (SSSR count). The molecule has 0 spiro atoms. The van der Waals surface area contributed by atoms with Crippen molar-refractivity contribution in [3.05, 3.63) is 46.2 Å². The van der Waals surface area contributed by atoms with Crippen LogP contribution in [0.2, 0.25) is 0 Å². The highest BCUT2D eigenvalue weighted by molar-refractivity contribution is 7.09. The van der Waals surface area contributed by atoms with E-state index in [1.807, 2.05) is 16.5 Å². The second-order valence-corrected chi connectivity index (χ2v) is 6.98. The molecular formula is C17H17FN2O2S. The van der Waals surface area contributed by atoms with E-state index in [4.69, 9.17) is 4.74 Å². The number of benzene rings is 1. The van der Waals surface area contributed by atoms with Crippen molar-refractivity contribution in [3.63, 3.8) is 0 Å². The number of aromatic nitrogens is 1. The van der Waals surface area contributed by atoms with Crippen LogP contribution in [0.5, 0.6) is 5.75 Å². The van der Waals surface area contributed by atoms with E-state index in [0.29, 0.717) is 24.6 Å². The van der Waals surface area contributed by atoms with Crippen LogP contribution in [0.4, 0.5) is 4.39 Å². The summed E-state index contributed by atoms with van der Waals surface area (Å²) in [5, 5.41) is 3.07. The molecule has 3 heterocycles. The van der Waals surface area contributed by atoms with E-state index < -0.39 is 6.10 Å². The van der Waals surface area contributed by atoms with Crippen LogP contribution < -0.4 is 4.74 Å². The van der Waals surface area contributed by atoms with E-state index in [1.54, 1.807) is 17.4 Å². The number of fused-ring (bicyclic) bond motifs is 1. The number of halogens is 1. The predicted molar refractivity (Wildman–Crippen MR) is 85.2 cm³/mol. The van der Waals surface area contributed by atoms with Gasteiger partial charge in [-0.15, -0.1) is 11.3 Å². The lowest BCUT2D eigenvalue weighted by molar-refractivity contribution is -0.139. The third kappa shape index (κ3) is 2.83. The van der Waals surface area contributed by atoms with Crippen LogP contribution in [0.3, 0.4) is 0 Å². The molecule has 2 atom stereocenters. The lowest BCUT2D eigenvalue weighted by atomic mass is 9.98. The number of rotatable bonds is 2. The monoisotopic (exact) mass is 332 g/mol. The van der Waals surface area contributed by atoms with Gasteiger partial charge in [-0.05, 0) is 31.0 Å². The van der Waals surface area contributed by atoms with Crippen molar-refractivity contribution in [1.29, 1.82) is 0 Å². The van der Waals surface area contributed by atoms with Crippen LogP contribution in [0.15, 0.2) is 29.8 Å². The summed E-state index contributed by atoms with van der Waals surface area (Å²) in [6, 6.07) is 4.43. The van der Waals surface area contributed by atoms with Crippen LogP contribution in [-0.4, -0.2) is 35.0 Å². The van der Waals surface area contributed by atoms with Crippen molar-refractivity contribution in [2.45, 2.75) is 31.3 Å². The third-order valence-electron chi connectivity index (χ3n) is 4.51. The molecule has 0 unspecified atom stereocenters. The van der Waals surface area contributed by atoms with Crippen molar-refractivity contribution in [3.8, 4) is 5.75 Å². The Morgan fingerprint density at radius 1 is 1.43 bits per heavy atom. The number of hydrogen-bond donors (Lipinski definition) is 0. The van der Waals surface area contributed by atoms with Crippen molar-refractivity contribution in [1.82, 2.24) is 9.88 Å². The lowest BCUT2D eigenvalue weighted by Gasteiger charge is -2.33. The minimum atomic E-state index is -0.526. The van der Waals surface area contributed by atoms with Crippen molar-refractivity contribution in [2.75, 3.05) is 13.1 Å². The summed E-state index contributed by atoms with van der Waals surface area (Å²) < 4.78 is 19.0. The minimum Gasteiger partial charge on any atom is -0.480 e. The fraction of sp³-hybridized carbons (Fsp3) is 0.412. The number of hydrogen-bond acceptors (Lipinski definition) is 4. The van der Waals surface area contributed by atoms with E-state index in [-0.39, 0.29) is 11.7 Å². The Balaban J connectivity index is 1.45. The van der Waals surface area contributed by atoms with Gasteiger partial charge in [0.1, 0.15) is 11.6 Å². The van der Waals surface area contributed by atoms with E-state index in [9.17, 15) is 9.18 Å². The van der Waals surface area contributed by atoms with Gasteiger partial charge in [0.05, 0.1) is 5.01 Å². The quantitative estimate of drug-likeness (QED) is 0.849. The van der Waals surface area contributed by atoms with Crippen LogP contribution in [0.1, 0.15) is 29.3 Å². The maximum atomic E-state index is 13.3. The SMILES string of the molecule is O=C([C@@H]1Cc2cc(F)ccc2O1)N1CCC[C@@H](c2nccs2)C1. The molecule has 2 aliphatic rings. The van der Waals surface area contributed by atoms with E-state index in [0.717, 1.165) is 30.0 Å². The smallest absolute Gasteiger partial charge is 0.264 e. The second kappa shape index (κ2) is 5.92. The molecule has 1 aromatic heterocycles. The molecule has 1 fully saturated rings. The molecule has 4 nitrogen and oxygen atoms in total.